The molecule has 4 aromatic rings. The normalized spacial score (nSPS) is 10.9. The number of carbonyl (C=O) groups is 1. The minimum atomic E-state index is -0.834. The zero-order valence-electron chi connectivity index (χ0n) is 16.3. The van der Waals surface area contributed by atoms with Crippen LogP contribution in [0, 0.1) is 11.6 Å². The van der Waals surface area contributed by atoms with E-state index in [0.717, 1.165) is 11.6 Å². The summed E-state index contributed by atoms with van der Waals surface area (Å²) >= 11 is 12.1. The number of amides is 1. The molecule has 0 unspecified atom stereocenters. The number of hydrogen-bond acceptors (Lipinski definition) is 4. The van der Waals surface area contributed by atoms with Crippen molar-refractivity contribution in [3.05, 3.63) is 93.9 Å². The lowest BCUT2D eigenvalue weighted by molar-refractivity contribution is 0.101. The van der Waals surface area contributed by atoms with Gasteiger partial charge in [0.05, 0.1) is 6.54 Å². The summed E-state index contributed by atoms with van der Waals surface area (Å²) in [6.45, 7) is 0.269. The highest BCUT2D eigenvalue weighted by molar-refractivity contribution is 6.33. The highest BCUT2D eigenvalue weighted by Crippen LogP contribution is 2.21. The van der Waals surface area contributed by atoms with E-state index in [1.54, 1.807) is 23.0 Å². The van der Waals surface area contributed by atoms with Gasteiger partial charge >= 0.3 is 0 Å². The molecular formula is C21H15Cl2F2N5O2. The SMILES string of the molecule is O=C(Nc1nn(Cc2ccc(Cl)cc2)cc1Cl)c1ccn(COc2ccc(F)cc2F)n1. The molecule has 0 bridgehead atoms. The summed E-state index contributed by atoms with van der Waals surface area (Å²) in [5.74, 6) is -2.02. The van der Waals surface area contributed by atoms with Crippen molar-refractivity contribution in [1.29, 1.82) is 0 Å². The predicted molar refractivity (Wildman–Crippen MR) is 115 cm³/mol. The molecule has 4 rings (SSSR count). The van der Waals surface area contributed by atoms with Gasteiger partial charge in [0.1, 0.15) is 10.8 Å². The number of nitrogens with zero attached hydrogens (tertiary/aromatic N) is 4. The largest absolute Gasteiger partial charge is 0.468 e. The fourth-order valence-electron chi connectivity index (χ4n) is 2.79. The van der Waals surface area contributed by atoms with Gasteiger partial charge in [0.25, 0.3) is 5.91 Å². The van der Waals surface area contributed by atoms with Crippen LogP contribution in [0.3, 0.4) is 0 Å². The molecule has 0 aliphatic carbocycles. The third kappa shape index (κ3) is 5.24. The number of nitrogens with one attached hydrogen (secondary N) is 1. The Balaban J connectivity index is 1.37. The van der Waals surface area contributed by atoms with Crippen LogP contribution in [0.2, 0.25) is 10.0 Å². The topological polar surface area (TPSA) is 74.0 Å². The van der Waals surface area contributed by atoms with Crippen molar-refractivity contribution in [3.8, 4) is 5.75 Å². The average molecular weight is 478 g/mol. The summed E-state index contributed by atoms with van der Waals surface area (Å²) < 4.78 is 34.7. The van der Waals surface area contributed by atoms with Gasteiger partial charge in [0, 0.05) is 23.5 Å². The van der Waals surface area contributed by atoms with Crippen LogP contribution in [0.1, 0.15) is 16.1 Å². The number of hydrogen-bond donors (Lipinski definition) is 1. The second-order valence-electron chi connectivity index (χ2n) is 6.69. The minimum absolute atomic E-state index is 0.0801. The first-order chi connectivity index (χ1) is 15.4. The van der Waals surface area contributed by atoms with Crippen LogP contribution in [0.5, 0.6) is 5.75 Å². The number of aromatic nitrogens is 4. The zero-order valence-corrected chi connectivity index (χ0v) is 17.8. The number of halogens is 4. The van der Waals surface area contributed by atoms with Crippen molar-refractivity contribution in [2.75, 3.05) is 5.32 Å². The molecule has 0 saturated carbocycles. The molecule has 1 amide bonds. The van der Waals surface area contributed by atoms with E-state index in [0.29, 0.717) is 17.6 Å². The van der Waals surface area contributed by atoms with Crippen LogP contribution in [0.4, 0.5) is 14.6 Å². The monoisotopic (exact) mass is 477 g/mol. The Kier molecular flexibility index (Phi) is 6.38. The minimum Gasteiger partial charge on any atom is -0.468 e. The lowest BCUT2D eigenvalue weighted by Gasteiger charge is -2.07. The molecule has 0 radical (unpaired) electrons. The van der Waals surface area contributed by atoms with Crippen molar-refractivity contribution < 1.29 is 18.3 Å². The second kappa shape index (κ2) is 9.37. The van der Waals surface area contributed by atoms with Crippen molar-refractivity contribution in [3.63, 3.8) is 0 Å². The van der Waals surface area contributed by atoms with Crippen molar-refractivity contribution >= 4 is 34.9 Å². The average Bonchev–Trinajstić information content (AvgIpc) is 3.36. The van der Waals surface area contributed by atoms with Gasteiger partial charge in [-0.1, -0.05) is 35.3 Å². The summed E-state index contributed by atoms with van der Waals surface area (Å²) in [4.78, 5) is 12.5. The summed E-state index contributed by atoms with van der Waals surface area (Å²) in [6, 6.07) is 11.7. The van der Waals surface area contributed by atoms with Crippen LogP contribution in [-0.2, 0) is 13.3 Å². The Morgan fingerprint density at radius 3 is 2.56 bits per heavy atom. The van der Waals surface area contributed by atoms with Gasteiger partial charge in [0.15, 0.2) is 29.8 Å². The first-order valence-corrected chi connectivity index (χ1v) is 10.0. The molecule has 1 N–H and O–H groups in total. The van der Waals surface area contributed by atoms with E-state index in [1.165, 1.54) is 23.0 Å². The smallest absolute Gasteiger partial charge is 0.277 e. The summed E-state index contributed by atoms with van der Waals surface area (Å²) in [5.41, 5.74) is 1.04. The van der Waals surface area contributed by atoms with E-state index < -0.39 is 17.5 Å². The fourth-order valence-corrected chi connectivity index (χ4v) is 3.12. The lowest BCUT2D eigenvalue weighted by Crippen LogP contribution is -2.15. The van der Waals surface area contributed by atoms with Crippen molar-refractivity contribution in [2.24, 2.45) is 0 Å². The highest BCUT2D eigenvalue weighted by atomic mass is 35.5. The maximum atomic E-state index is 13.6. The molecule has 0 atom stereocenters. The Morgan fingerprint density at radius 2 is 1.81 bits per heavy atom. The van der Waals surface area contributed by atoms with Crippen molar-refractivity contribution in [1.82, 2.24) is 19.6 Å². The highest BCUT2D eigenvalue weighted by Gasteiger charge is 2.15. The Bertz CT molecular complexity index is 1260. The van der Waals surface area contributed by atoms with Crippen LogP contribution < -0.4 is 10.1 Å². The molecule has 11 heteroatoms. The van der Waals surface area contributed by atoms with Crippen LogP contribution in [0.15, 0.2) is 60.9 Å². The summed E-state index contributed by atoms with van der Waals surface area (Å²) in [6.07, 6.45) is 3.08. The Morgan fingerprint density at radius 1 is 1.03 bits per heavy atom. The molecule has 0 saturated heterocycles. The molecule has 0 aliphatic heterocycles. The van der Waals surface area contributed by atoms with E-state index in [9.17, 15) is 13.6 Å². The number of ether oxygens (including phenoxy) is 1. The third-order valence-electron chi connectivity index (χ3n) is 4.33. The number of anilines is 1. The predicted octanol–water partition coefficient (Wildman–Crippen LogP) is 5.00. The number of rotatable bonds is 7. The third-order valence-corrected chi connectivity index (χ3v) is 4.85. The first kappa shape index (κ1) is 21.8. The standard InChI is InChI=1S/C21H15Cl2F2N5O2/c22-14-3-1-13(2-4-14)10-30-11-16(23)20(28-30)26-21(31)18-7-8-29(27-18)12-32-19-6-5-15(24)9-17(19)25/h1-9,11H,10,12H2,(H,26,28,31). The lowest BCUT2D eigenvalue weighted by atomic mass is 10.2. The quantitative estimate of drug-likeness (QED) is 0.406. The van der Waals surface area contributed by atoms with E-state index in [2.05, 4.69) is 15.5 Å². The summed E-state index contributed by atoms with van der Waals surface area (Å²) in [7, 11) is 0. The Hall–Kier alpha value is -3.43. The van der Waals surface area contributed by atoms with E-state index >= 15 is 0 Å². The fraction of sp³-hybridized carbons (Fsp3) is 0.0952. The van der Waals surface area contributed by atoms with Crippen LogP contribution in [-0.4, -0.2) is 25.5 Å². The van der Waals surface area contributed by atoms with Crippen LogP contribution >= 0.6 is 23.2 Å². The zero-order chi connectivity index (χ0) is 22.7. The van der Waals surface area contributed by atoms with Gasteiger partial charge in [-0.15, -0.1) is 0 Å². The molecule has 2 aromatic carbocycles. The van der Waals surface area contributed by atoms with Gasteiger partial charge in [-0.3, -0.25) is 9.48 Å². The molecule has 2 aromatic heterocycles. The Labute approximate surface area is 191 Å². The molecule has 0 spiro atoms. The first-order valence-electron chi connectivity index (χ1n) is 9.27. The molecule has 32 heavy (non-hydrogen) atoms. The van der Waals surface area contributed by atoms with Gasteiger partial charge in [0.2, 0.25) is 0 Å². The molecule has 164 valence electrons. The molecular weight excluding hydrogens is 463 g/mol. The number of benzene rings is 2. The number of carbonyl (C=O) groups excluding carboxylic acids is 1. The van der Waals surface area contributed by atoms with Gasteiger partial charge in [-0.05, 0) is 35.9 Å². The van der Waals surface area contributed by atoms with E-state index in [1.807, 2.05) is 12.1 Å². The maximum Gasteiger partial charge on any atom is 0.277 e. The van der Waals surface area contributed by atoms with E-state index in [4.69, 9.17) is 27.9 Å². The van der Waals surface area contributed by atoms with Crippen LogP contribution in [0.25, 0.3) is 0 Å². The second-order valence-corrected chi connectivity index (χ2v) is 7.54. The molecule has 0 fully saturated rings. The maximum absolute atomic E-state index is 13.6. The molecule has 7 nitrogen and oxygen atoms in total. The van der Waals surface area contributed by atoms with Gasteiger partial charge in [-0.2, -0.15) is 10.2 Å². The summed E-state index contributed by atoms with van der Waals surface area (Å²) in [5, 5.41) is 11.9. The van der Waals surface area contributed by atoms with Gasteiger partial charge < -0.3 is 10.1 Å². The van der Waals surface area contributed by atoms with E-state index in [-0.39, 0.29) is 29.0 Å². The molecule has 2 heterocycles. The molecule has 0 aliphatic rings. The van der Waals surface area contributed by atoms with Crippen molar-refractivity contribution in [2.45, 2.75) is 13.3 Å². The van der Waals surface area contributed by atoms with Gasteiger partial charge in [-0.25, -0.2) is 13.5 Å².